The maximum Gasteiger partial charge on any atom is -0.00988 e. The molecule has 0 spiro atoms. The summed E-state index contributed by atoms with van der Waals surface area (Å²) in [5.41, 5.74) is 0. The highest BCUT2D eigenvalue weighted by atomic mass is 32.2. The first-order chi connectivity index (χ1) is 2.91. The van der Waals surface area contributed by atoms with Crippen LogP contribution in [0.4, 0.5) is 0 Å². The van der Waals surface area contributed by atoms with Crippen LogP contribution in [0.15, 0.2) is 0 Å². The Morgan fingerprint density at radius 2 is 1.67 bits per heavy atom. The summed E-state index contributed by atoms with van der Waals surface area (Å²) in [6.45, 7) is 2.14. The van der Waals surface area contributed by atoms with Crippen molar-refractivity contribution >= 4 is 11.8 Å². The van der Waals surface area contributed by atoms with Gasteiger partial charge in [0.05, 0.1) is 0 Å². The van der Waals surface area contributed by atoms with Crippen molar-refractivity contribution in [2.75, 3.05) is 12.0 Å². The Morgan fingerprint density at radius 3 is 1.67 bits per heavy atom. The van der Waals surface area contributed by atoms with E-state index in [0.29, 0.717) is 0 Å². The first kappa shape index (κ1) is 9.55. The van der Waals surface area contributed by atoms with Gasteiger partial charge in [-0.2, -0.15) is 11.8 Å². The number of thioether (sulfide) groups is 1. The minimum Gasteiger partial charge on any atom is -0.255 e. The van der Waals surface area contributed by atoms with Gasteiger partial charge in [-0.15, -0.1) is 0 Å². The molecule has 0 rings (SSSR count). The van der Waals surface area contributed by atoms with Gasteiger partial charge in [0.15, 0.2) is 0 Å². The van der Waals surface area contributed by atoms with Gasteiger partial charge in [0.25, 0.3) is 0 Å². The van der Waals surface area contributed by atoms with Crippen molar-refractivity contribution in [2.24, 2.45) is 0 Å². The first-order valence-corrected chi connectivity index (χ1v) is 3.00. The summed E-state index contributed by atoms with van der Waals surface area (Å²) in [5.74, 6) is 1.24. The van der Waals surface area contributed by atoms with Crippen molar-refractivity contribution in [3.8, 4) is 0 Å². The van der Waals surface area contributed by atoms with Gasteiger partial charge >= 0.3 is 0 Å². The molecule has 0 radical (unpaired) electrons. The zero-order valence-corrected chi connectivity index (χ0v) is 4.83. The zero-order valence-electron chi connectivity index (χ0n) is 4.01. The van der Waals surface area contributed by atoms with Crippen molar-refractivity contribution in [3.05, 3.63) is 0 Å². The van der Waals surface area contributed by atoms with Gasteiger partial charge in [-0.05, 0) is 12.0 Å². The predicted molar refractivity (Wildman–Crippen MR) is 29.3 cm³/mol. The van der Waals surface area contributed by atoms with E-state index in [0.717, 1.165) is 0 Å². The van der Waals surface area contributed by atoms with E-state index in [4.69, 9.17) is 10.5 Å². The Balaban J connectivity index is 0. The minimum absolute atomic E-state index is 1.24. The van der Waals surface area contributed by atoms with Gasteiger partial charge in [-0.25, -0.2) is 0 Å². The van der Waals surface area contributed by atoms with E-state index in [1.54, 1.807) is 0 Å². The Morgan fingerprint density at radius 1 is 1.50 bits per heavy atom. The second kappa shape index (κ2) is 18.6. The van der Waals surface area contributed by atoms with E-state index in [-0.39, 0.29) is 0 Å². The Hall–Kier alpha value is 0.270. The molecule has 2 nitrogen and oxygen atoms in total. The smallest absolute Gasteiger partial charge is 0.00988 e. The van der Waals surface area contributed by atoms with E-state index in [1.165, 1.54) is 5.75 Å². The maximum absolute atomic E-state index is 6.00. The number of hydrogen-bond donors (Lipinski definition) is 2. The predicted octanol–water partition coefficient (Wildman–Crippen LogP) is 1.39. The minimum atomic E-state index is 1.24. The van der Waals surface area contributed by atoms with Gasteiger partial charge in [0.1, 0.15) is 0 Å². The van der Waals surface area contributed by atoms with Crippen LogP contribution in [0.1, 0.15) is 6.92 Å². The summed E-state index contributed by atoms with van der Waals surface area (Å²) in [5, 5.41) is 12.0. The van der Waals surface area contributed by atoms with Crippen LogP contribution in [0.2, 0.25) is 0 Å². The molecule has 0 unspecified atom stereocenters. The Bertz CT molecular complexity index is 10.8. The molecule has 0 aromatic rings. The molecule has 0 aliphatic rings. The van der Waals surface area contributed by atoms with Gasteiger partial charge in [0.2, 0.25) is 0 Å². The van der Waals surface area contributed by atoms with Gasteiger partial charge < -0.3 is 0 Å². The van der Waals surface area contributed by atoms with Crippen LogP contribution in [0.3, 0.4) is 0 Å². The second-order valence-corrected chi connectivity index (χ2v) is 1.73. The van der Waals surface area contributed by atoms with Crippen LogP contribution in [0.25, 0.3) is 0 Å². The van der Waals surface area contributed by atoms with Gasteiger partial charge in [-0.1, -0.05) is 6.92 Å². The normalized spacial score (nSPS) is 6.00. The molecule has 2 N–H and O–H groups in total. The topological polar surface area (TPSA) is 40.5 Å². The lowest BCUT2D eigenvalue weighted by atomic mass is 11.0. The van der Waals surface area contributed by atoms with E-state index in [9.17, 15) is 0 Å². The van der Waals surface area contributed by atoms with Crippen LogP contribution in [-0.4, -0.2) is 22.5 Å². The Kier molecular flexibility index (Phi) is 29.7. The Labute approximate surface area is 42.1 Å². The third-order valence-electron chi connectivity index (χ3n) is 0.289. The average molecular weight is 110 g/mol. The summed E-state index contributed by atoms with van der Waals surface area (Å²) in [4.78, 5) is 0. The molecule has 0 atom stereocenters. The largest absolute Gasteiger partial charge is 0.255 e. The molecule has 0 fully saturated rings. The molecule has 0 saturated heterocycles. The van der Waals surface area contributed by atoms with Crippen LogP contribution in [0, 0.1) is 0 Å². The van der Waals surface area contributed by atoms with Crippen molar-refractivity contribution in [1.82, 2.24) is 0 Å². The average Bonchev–Trinajstić information content (AvgIpc) is 1.72. The highest BCUT2D eigenvalue weighted by molar-refractivity contribution is 7.98. The summed E-state index contributed by atoms with van der Waals surface area (Å²) in [6.07, 6.45) is 2.10. The van der Waals surface area contributed by atoms with Gasteiger partial charge in [-0.3, -0.25) is 10.5 Å². The summed E-state index contributed by atoms with van der Waals surface area (Å²) in [6, 6.07) is 0. The molecule has 0 saturated carbocycles. The van der Waals surface area contributed by atoms with Gasteiger partial charge in [0, 0.05) is 0 Å². The molecule has 40 valence electrons. The first-order valence-electron chi connectivity index (χ1n) is 1.60. The highest BCUT2D eigenvalue weighted by Gasteiger charge is 1.55. The lowest BCUT2D eigenvalue weighted by Gasteiger charge is -1.69. The fourth-order valence-electron chi connectivity index (χ4n) is 0. The molecule has 0 aromatic heterocycles. The lowest BCUT2D eigenvalue weighted by Crippen LogP contribution is -1.52. The van der Waals surface area contributed by atoms with E-state index in [2.05, 4.69) is 13.2 Å². The fourth-order valence-corrected chi connectivity index (χ4v) is 0. The SMILES string of the molecule is CCSC.OO. The third-order valence-corrected chi connectivity index (χ3v) is 0.866. The van der Waals surface area contributed by atoms with Crippen LogP contribution < -0.4 is 0 Å². The zero-order chi connectivity index (χ0) is 5.41. The maximum atomic E-state index is 6.00. The van der Waals surface area contributed by atoms with Crippen LogP contribution in [0.5, 0.6) is 0 Å². The summed E-state index contributed by atoms with van der Waals surface area (Å²) in [7, 11) is 0. The molecule has 0 amide bonds. The van der Waals surface area contributed by atoms with Crippen molar-refractivity contribution in [1.29, 1.82) is 0 Å². The highest BCUT2D eigenvalue weighted by Crippen LogP contribution is 1.83. The fraction of sp³-hybridized carbons (Fsp3) is 1.00. The molecular weight excluding hydrogens is 100 g/mol. The monoisotopic (exact) mass is 110 g/mol. The molecule has 3 heteroatoms. The van der Waals surface area contributed by atoms with Crippen molar-refractivity contribution in [3.63, 3.8) is 0 Å². The quantitative estimate of drug-likeness (QED) is 0.396. The number of rotatable bonds is 1. The summed E-state index contributed by atoms with van der Waals surface area (Å²) >= 11 is 1.86. The third kappa shape index (κ3) is 28.3. The van der Waals surface area contributed by atoms with E-state index < -0.39 is 0 Å². The van der Waals surface area contributed by atoms with E-state index >= 15 is 0 Å². The number of hydrogen-bond acceptors (Lipinski definition) is 3. The molecule has 6 heavy (non-hydrogen) atoms. The van der Waals surface area contributed by atoms with Crippen LogP contribution >= 0.6 is 11.8 Å². The second-order valence-electron chi connectivity index (χ2n) is 0.577. The van der Waals surface area contributed by atoms with Crippen molar-refractivity contribution in [2.45, 2.75) is 6.92 Å². The lowest BCUT2D eigenvalue weighted by molar-refractivity contribution is -0.176. The van der Waals surface area contributed by atoms with Crippen LogP contribution in [-0.2, 0) is 0 Å². The molecule has 0 bridgehead atoms. The van der Waals surface area contributed by atoms with Crippen molar-refractivity contribution < 1.29 is 10.5 Å². The summed E-state index contributed by atoms with van der Waals surface area (Å²) < 4.78 is 0. The van der Waals surface area contributed by atoms with E-state index in [1.807, 2.05) is 11.8 Å². The molecule has 0 aliphatic heterocycles. The molecule has 0 aromatic carbocycles. The molecule has 0 aliphatic carbocycles. The standard InChI is InChI=1S/C3H8S.H2O2/c1-3-4-2;1-2/h3H2,1-2H3;1-2H. The molecule has 0 heterocycles. The molecular formula is C3H10O2S.